The Morgan fingerprint density at radius 2 is 2.06 bits per heavy atom. The number of carbonyl (C=O) groups is 1. The lowest BCUT2D eigenvalue weighted by Gasteiger charge is -2.12. The van der Waals surface area contributed by atoms with Crippen LogP contribution in [-0.4, -0.2) is 19.0 Å². The van der Waals surface area contributed by atoms with Crippen LogP contribution in [0.1, 0.15) is 43.5 Å². The SMILES string of the molecule is CCCCCNc1ccc(N)cc1C(=O)NCC. The van der Waals surface area contributed by atoms with Gasteiger partial charge in [0, 0.05) is 24.5 Å². The Hall–Kier alpha value is -1.71. The number of rotatable bonds is 7. The van der Waals surface area contributed by atoms with Crippen LogP contribution >= 0.6 is 0 Å². The van der Waals surface area contributed by atoms with Crippen LogP contribution in [0.15, 0.2) is 18.2 Å². The average molecular weight is 249 g/mol. The Kier molecular flexibility index (Phi) is 6.05. The summed E-state index contributed by atoms with van der Waals surface area (Å²) >= 11 is 0. The first-order valence-corrected chi connectivity index (χ1v) is 6.60. The number of nitrogens with one attached hydrogen (secondary N) is 2. The minimum atomic E-state index is -0.0807. The van der Waals surface area contributed by atoms with E-state index in [1.165, 1.54) is 12.8 Å². The molecule has 0 heterocycles. The average Bonchev–Trinajstić information content (AvgIpc) is 2.36. The molecule has 4 heteroatoms. The zero-order valence-corrected chi connectivity index (χ0v) is 11.3. The van der Waals surface area contributed by atoms with Crippen molar-refractivity contribution in [2.75, 3.05) is 24.1 Å². The van der Waals surface area contributed by atoms with Gasteiger partial charge in [-0.2, -0.15) is 0 Å². The maximum Gasteiger partial charge on any atom is 0.253 e. The zero-order valence-electron chi connectivity index (χ0n) is 11.3. The van der Waals surface area contributed by atoms with Crippen molar-refractivity contribution < 1.29 is 4.79 Å². The third-order valence-electron chi connectivity index (χ3n) is 2.72. The van der Waals surface area contributed by atoms with E-state index in [0.717, 1.165) is 18.7 Å². The molecule has 0 saturated carbocycles. The van der Waals surface area contributed by atoms with Crippen LogP contribution in [0.25, 0.3) is 0 Å². The fraction of sp³-hybridized carbons (Fsp3) is 0.500. The molecule has 0 spiro atoms. The van der Waals surface area contributed by atoms with Crippen LogP contribution in [0.3, 0.4) is 0 Å². The van der Waals surface area contributed by atoms with Gasteiger partial charge in [-0.25, -0.2) is 0 Å². The first kappa shape index (κ1) is 14.4. The largest absolute Gasteiger partial charge is 0.399 e. The summed E-state index contributed by atoms with van der Waals surface area (Å²) in [6.45, 7) is 5.56. The van der Waals surface area contributed by atoms with Crippen molar-refractivity contribution in [3.63, 3.8) is 0 Å². The highest BCUT2D eigenvalue weighted by Gasteiger charge is 2.10. The van der Waals surface area contributed by atoms with E-state index in [1.807, 2.05) is 19.1 Å². The standard InChI is InChI=1S/C14H23N3O/c1-3-5-6-9-17-13-8-7-11(15)10-12(13)14(18)16-4-2/h7-8,10,17H,3-6,9,15H2,1-2H3,(H,16,18). The number of carbonyl (C=O) groups excluding carboxylic acids is 1. The quantitative estimate of drug-likeness (QED) is 0.514. The molecule has 1 aromatic rings. The molecule has 0 atom stereocenters. The number of nitrogens with two attached hydrogens (primary N) is 1. The second-order valence-electron chi connectivity index (χ2n) is 4.30. The lowest BCUT2D eigenvalue weighted by molar-refractivity contribution is 0.0956. The van der Waals surface area contributed by atoms with E-state index in [1.54, 1.807) is 6.07 Å². The minimum Gasteiger partial charge on any atom is -0.399 e. The van der Waals surface area contributed by atoms with Crippen LogP contribution in [0.5, 0.6) is 0 Å². The summed E-state index contributed by atoms with van der Waals surface area (Å²) in [5, 5.41) is 6.09. The van der Waals surface area contributed by atoms with Crippen molar-refractivity contribution in [1.82, 2.24) is 5.32 Å². The van der Waals surface area contributed by atoms with Gasteiger partial charge in [-0.1, -0.05) is 19.8 Å². The predicted molar refractivity (Wildman–Crippen MR) is 76.9 cm³/mol. The van der Waals surface area contributed by atoms with E-state index in [2.05, 4.69) is 17.6 Å². The van der Waals surface area contributed by atoms with Crippen molar-refractivity contribution in [3.05, 3.63) is 23.8 Å². The number of unbranched alkanes of at least 4 members (excludes halogenated alkanes) is 2. The van der Waals surface area contributed by atoms with E-state index < -0.39 is 0 Å². The Labute approximate surface area is 109 Å². The Morgan fingerprint density at radius 1 is 1.28 bits per heavy atom. The molecule has 18 heavy (non-hydrogen) atoms. The lowest BCUT2D eigenvalue weighted by Crippen LogP contribution is -2.24. The number of amides is 1. The predicted octanol–water partition coefficient (Wildman–Crippen LogP) is 2.62. The summed E-state index contributed by atoms with van der Waals surface area (Å²) in [5.41, 5.74) is 7.81. The Balaban J connectivity index is 2.73. The molecule has 0 saturated heterocycles. The van der Waals surface area contributed by atoms with Gasteiger partial charge < -0.3 is 16.4 Å². The molecule has 100 valence electrons. The van der Waals surface area contributed by atoms with E-state index in [-0.39, 0.29) is 5.91 Å². The normalized spacial score (nSPS) is 10.1. The molecule has 0 aliphatic heterocycles. The summed E-state index contributed by atoms with van der Waals surface area (Å²) in [6, 6.07) is 5.39. The summed E-state index contributed by atoms with van der Waals surface area (Å²) in [7, 11) is 0. The first-order valence-electron chi connectivity index (χ1n) is 6.60. The van der Waals surface area contributed by atoms with Gasteiger partial charge in [-0.3, -0.25) is 4.79 Å². The second kappa shape index (κ2) is 7.58. The molecule has 1 rings (SSSR count). The summed E-state index contributed by atoms with van der Waals surface area (Å²) < 4.78 is 0. The summed E-state index contributed by atoms with van der Waals surface area (Å²) in [6.07, 6.45) is 3.49. The Bertz CT molecular complexity index is 391. The molecule has 4 nitrogen and oxygen atoms in total. The highest BCUT2D eigenvalue weighted by Crippen LogP contribution is 2.19. The smallest absolute Gasteiger partial charge is 0.253 e. The molecule has 0 aromatic heterocycles. The van der Waals surface area contributed by atoms with Gasteiger partial charge in [0.05, 0.1) is 5.56 Å². The van der Waals surface area contributed by atoms with Gasteiger partial charge in [0.2, 0.25) is 0 Å². The van der Waals surface area contributed by atoms with E-state index in [9.17, 15) is 4.79 Å². The number of hydrogen-bond donors (Lipinski definition) is 3. The van der Waals surface area contributed by atoms with Crippen LogP contribution in [0.2, 0.25) is 0 Å². The lowest BCUT2D eigenvalue weighted by atomic mass is 10.1. The van der Waals surface area contributed by atoms with Crippen molar-refractivity contribution >= 4 is 17.3 Å². The van der Waals surface area contributed by atoms with E-state index in [4.69, 9.17) is 5.73 Å². The molecule has 1 aromatic carbocycles. The van der Waals surface area contributed by atoms with Crippen molar-refractivity contribution in [2.45, 2.75) is 33.1 Å². The third kappa shape index (κ3) is 4.28. The second-order valence-corrected chi connectivity index (χ2v) is 4.30. The molecular weight excluding hydrogens is 226 g/mol. The van der Waals surface area contributed by atoms with Crippen molar-refractivity contribution in [2.24, 2.45) is 0 Å². The van der Waals surface area contributed by atoms with Gasteiger partial charge in [-0.05, 0) is 31.5 Å². The van der Waals surface area contributed by atoms with Crippen LogP contribution < -0.4 is 16.4 Å². The zero-order chi connectivity index (χ0) is 13.4. The monoisotopic (exact) mass is 249 g/mol. The Morgan fingerprint density at radius 3 is 2.72 bits per heavy atom. The number of benzene rings is 1. The van der Waals surface area contributed by atoms with Gasteiger partial charge in [-0.15, -0.1) is 0 Å². The molecule has 0 fully saturated rings. The van der Waals surface area contributed by atoms with E-state index in [0.29, 0.717) is 17.8 Å². The van der Waals surface area contributed by atoms with Gasteiger partial charge in [0.15, 0.2) is 0 Å². The minimum absolute atomic E-state index is 0.0807. The van der Waals surface area contributed by atoms with Gasteiger partial charge in [0.1, 0.15) is 0 Å². The molecule has 0 aliphatic rings. The molecule has 0 unspecified atom stereocenters. The molecular formula is C14H23N3O. The molecule has 0 aliphatic carbocycles. The molecule has 0 bridgehead atoms. The number of nitrogen functional groups attached to an aromatic ring is 1. The first-order chi connectivity index (χ1) is 8.69. The van der Waals surface area contributed by atoms with Crippen LogP contribution in [0, 0.1) is 0 Å². The van der Waals surface area contributed by atoms with Crippen molar-refractivity contribution in [3.8, 4) is 0 Å². The van der Waals surface area contributed by atoms with Gasteiger partial charge >= 0.3 is 0 Å². The van der Waals surface area contributed by atoms with E-state index >= 15 is 0 Å². The maximum atomic E-state index is 11.9. The third-order valence-corrected chi connectivity index (χ3v) is 2.72. The molecule has 4 N–H and O–H groups in total. The highest BCUT2D eigenvalue weighted by molar-refractivity contribution is 6.00. The maximum absolute atomic E-state index is 11.9. The molecule has 0 radical (unpaired) electrons. The summed E-state index contributed by atoms with van der Waals surface area (Å²) in [5.74, 6) is -0.0807. The van der Waals surface area contributed by atoms with Crippen molar-refractivity contribution in [1.29, 1.82) is 0 Å². The highest BCUT2D eigenvalue weighted by atomic mass is 16.1. The van der Waals surface area contributed by atoms with Crippen LogP contribution in [0.4, 0.5) is 11.4 Å². The molecule has 1 amide bonds. The van der Waals surface area contributed by atoms with Gasteiger partial charge in [0.25, 0.3) is 5.91 Å². The van der Waals surface area contributed by atoms with Crippen LogP contribution in [-0.2, 0) is 0 Å². The number of hydrogen-bond acceptors (Lipinski definition) is 3. The fourth-order valence-electron chi connectivity index (χ4n) is 1.76. The summed E-state index contributed by atoms with van der Waals surface area (Å²) in [4.78, 5) is 11.9. The topological polar surface area (TPSA) is 67.1 Å². The fourth-order valence-corrected chi connectivity index (χ4v) is 1.76. The number of anilines is 2.